The summed E-state index contributed by atoms with van der Waals surface area (Å²) < 4.78 is 10.3. The second-order valence-electron chi connectivity index (χ2n) is 7.67. The zero-order chi connectivity index (χ0) is 22.5. The molecule has 2 rings (SSSR count). The highest BCUT2D eigenvalue weighted by atomic mass is 35.5. The first kappa shape index (κ1) is 24.1. The van der Waals surface area contributed by atoms with Gasteiger partial charge >= 0.3 is 5.97 Å². The van der Waals surface area contributed by atoms with Crippen LogP contribution in [0.25, 0.3) is 0 Å². The standard InChI is InChI=1S/C21H28ClN3O4S/c1-13-16(18(26)29-10-9-28-5)17(24-20(30)25(13)4)14-7-6-8-15(11-14)23-19(27)21(2,3)12-22/h6-8,11,17H,9-10,12H2,1-5H3,(H,23,27)(H,24,30). The topological polar surface area (TPSA) is 79.9 Å². The van der Waals surface area contributed by atoms with Crippen LogP contribution in [0.3, 0.4) is 0 Å². The minimum atomic E-state index is -0.711. The van der Waals surface area contributed by atoms with Crippen molar-refractivity contribution in [1.29, 1.82) is 0 Å². The van der Waals surface area contributed by atoms with Crippen LogP contribution in [-0.2, 0) is 19.1 Å². The van der Waals surface area contributed by atoms with Crippen LogP contribution in [0.1, 0.15) is 32.4 Å². The number of hydrogen-bond donors (Lipinski definition) is 2. The summed E-state index contributed by atoms with van der Waals surface area (Å²) in [5, 5.41) is 6.57. The molecule has 0 saturated heterocycles. The van der Waals surface area contributed by atoms with Gasteiger partial charge in [0.25, 0.3) is 0 Å². The van der Waals surface area contributed by atoms with Crippen LogP contribution in [0.15, 0.2) is 35.5 Å². The van der Waals surface area contributed by atoms with Gasteiger partial charge in [0.15, 0.2) is 5.11 Å². The molecule has 1 unspecified atom stereocenters. The number of amides is 1. The van der Waals surface area contributed by atoms with E-state index in [2.05, 4.69) is 10.6 Å². The lowest BCUT2D eigenvalue weighted by atomic mass is 9.93. The molecular weight excluding hydrogens is 426 g/mol. The van der Waals surface area contributed by atoms with Crippen molar-refractivity contribution in [1.82, 2.24) is 10.2 Å². The molecule has 0 aromatic heterocycles. The minimum Gasteiger partial charge on any atom is -0.460 e. The van der Waals surface area contributed by atoms with Gasteiger partial charge in [0.1, 0.15) is 6.61 Å². The molecule has 1 aliphatic rings. The highest BCUT2D eigenvalue weighted by molar-refractivity contribution is 7.80. The van der Waals surface area contributed by atoms with E-state index >= 15 is 0 Å². The van der Waals surface area contributed by atoms with Crippen molar-refractivity contribution in [3.63, 3.8) is 0 Å². The van der Waals surface area contributed by atoms with Gasteiger partial charge in [-0.2, -0.15) is 0 Å². The van der Waals surface area contributed by atoms with Crippen LogP contribution in [0.4, 0.5) is 5.69 Å². The van der Waals surface area contributed by atoms with Crippen LogP contribution in [0.5, 0.6) is 0 Å². The molecule has 1 amide bonds. The number of hydrogen-bond acceptors (Lipinski definition) is 5. The summed E-state index contributed by atoms with van der Waals surface area (Å²) in [4.78, 5) is 27.0. The Balaban J connectivity index is 2.36. The maximum Gasteiger partial charge on any atom is 0.338 e. The fraction of sp³-hybridized carbons (Fsp3) is 0.476. The Morgan fingerprint density at radius 2 is 2.03 bits per heavy atom. The predicted molar refractivity (Wildman–Crippen MR) is 121 cm³/mol. The maximum absolute atomic E-state index is 12.8. The van der Waals surface area contributed by atoms with Gasteiger partial charge in [-0.3, -0.25) is 4.79 Å². The number of carbonyl (C=O) groups is 2. The van der Waals surface area contributed by atoms with E-state index in [1.54, 1.807) is 39.0 Å². The third-order valence-electron chi connectivity index (χ3n) is 4.92. The monoisotopic (exact) mass is 453 g/mol. The second-order valence-corrected chi connectivity index (χ2v) is 8.32. The number of anilines is 1. The Hall–Kier alpha value is -2.16. The van der Waals surface area contributed by atoms with Crippen molar-refractivity contribution in [2.75, 3.05) is 38.6 Å². The fourth-order valence-corrected chi connectivity index (χ4v) is 3.18. The lowest BCUT2D eigenvalue weighted by Crippen LogP contribution is -2.46. The molecule has 0 bridgehead atoms. The van der Waals surface area contributed by atoms with Gasteiger partial charge in [0, 0.05) is 31.4 Å². The number of halogens is 1. The first-order valence-electron chi connectivity index (χ1n) is 9.50. The van der Waals surface area contributed by atoms with Crippen molar-refractivity contribution in [2.45, 2.75) is 26.8 Å². The van der Waals surface area contributed by atoms with E-state index in [0.29, 0.717) is 28.7 Å². The maximum atomic E-state index is 12.8. The molecule has 0 spiro atoms. The first-order valence-corrected chi connectivity index (χ1v) is 10.4. The lowest BCUT2D eigenvalue weighted by molar-refractivity contribution is -0.140. The van der Waals surface area contributed by atoms with E-state index < -0.39 is 17.4 Å². The normalized spacial score (nSPS) is 16.9. The summed E-state index contributed by atoms with van der Waals surface area (Å²) in [5.41, 5.74) is 1.81. The van der Waals surface area contributed by atoms with Crippen LogP contribution in [-0.4, -0.2) is 55.1 Å². The first-order chi connectivity index (χ1) is 14.1. The molecule has 1 aliphatic heterocycles. The quantitative estimate of drug-likeness (QED) is 0.271. The average molecular weight is 454 g/mol. The molecule has 0 saturated carbocycles. The van der Waals surface area contributed by atoms with Gasteiger partial charge in [0.2, 0.25) is 5.91 Å². The number of ether oxygens (including phenoxy) is 2. The third kappa shape index (κ3) is 5.50. The van der Waals surface area contributed by atoms with E-state index in [1.165, 1.54) is 0 Å². The van der Waals surface area contributed by atoms with Gasteiger partial charge in [-0.05, 0) is 50.7 Å². The largest absolute Gasteiger partial charge is 0.460 e. The van der Waals surface area contributed by atoms with Crippen molar-refractivity contribution < 1.29 is 19.1 Å². The van der Waals surface area contributed by atoms with Crippen LogP contribution < -0.4 is 10.6 Å². The number of carbonyl (C=O) groups excluding carboxylic acids is 2. The van der Waals surface area contributed by atoms with E-state index in [0.717, 1.165) is 5.56 Å². The third-order valence-corrected chi connectivity index (χ3v) is 5.98. The smallest absolute Gasteiger partial charge is 0.338 e. The molecule has 164 valence electrons. The van der Waals surface area contributed by atoms with Gasteiger partial charge in [-0.15, -0.1) is 11.6 Å². The Kier molecular flexibility index (Phi) is 8.23. The Labute approximate surface area is 187 Å². The molecule has 0 fully saturated rings. The number of nitrogens with zero attached hydrogens (tertiary/aromatic N) is 1. The number of methoxy groups -OCH3 is 1. The lowest BCUT2D eigenvalue weighted by Gasteiger charge is -2.35. The number of thiocarbonyl (C=S) groups is 1. The molecule has 0 aliphatic carbocycles. The molecule has 2 N–H and O–H groups in total. The fourth-order valence-electron chi connectivity index (χ4n) is 2.80. The minimum absolute atomic E-state index is 0.149. The second kappa shape index (κ2) is 10.2. The molecule has 1 aromatic rings. The van der Waals surface area contributed by atoms with Gasteiger partial charge < -0.3 is 25.0 Å². The van der Waals surface area contributed by atoms with E-state index in [-0.39, 0.29) is 18.4 Å². The summed E-state index contributed by atoms with van der Waals surface area (Å²) in [6.07, 6.45) is 0. The Morgan fingerprint density at radius 3 is 2.67 bits per heavy atom. The summed E-state index contributed by atoms with van der Waals surface area (Å²) in [6.45, 7) is 5.83. The van der Waals surface area contributed by atoms with Crippen LogP contribution in [0.2, 0.25) is 0 Å². The number of allylic oxidation sites excluding steroid dienone is 1. The Morgan fingerprint density at radius 1 is 1.33 bits per heavy atom. The van der Waals surface area contributed by atoms with Crippen molar-refractivity contribution in [3.05, 3.63) is 41.1 Å². The number of rotatable bonds is 8. The summed E-state index contributed by atoms with van der Waals surface area (Å²) in [6, 6.07) is 6.76. The molecule has 1 atom stereocenters. The summed E-state index contributed by atoms with van der Waals surface area (Å²) >= 11 is 11.3. The van der Waals surface area contributed by atoms with Crippen molar-refractivity contribution >= 4 is 46.5 Å². The summed E-state index contributed by atoms with van der Waals surface area (Å²) in [7, 11) is 3.33. The molecule has 1 aromatic carbocycles. The molecule has 30 heavy (non-hydrogen) atoms. The van der Waals surface area contributed by atoms with E-state index in [1.807, 2.05) is 25.1 Å². The zero-order valence-electron chi connectivity index (χ0n) is 17.9. The van der Waals surface area contributed by atoms with Gasteiger partial charge in [0.05, 0.1) is 23.6 Å². The predicted octanol–water partition coefficient (Wildman–Crippen LogP) is 3.21. The highest BCUT2D eigenvalue weighted by Gasteiger charge is 2.34. The SMILES string of the molecule is COCCOC(=O)C1=C(C)N(C)C(=S)NC1c1cccc(NC(=O)C(C)(C)CCl)c1. The van der Waals surface area contributed by atoms with Crippen molar-refractivity contribution in [2.24, 2.45) is 5.41 Å². The molecular formula is C21H28ClN3O4S. The zero-order valence-corrected chi connectivity index (χ0v) is 19.4. The van der Waals surface area contributed by atoms with E-state index in [4.69, 9.17) is 33.3 Å². The van der Waals surface area contributed by atoms with Gasteiger partial charge in [-0.1, -0.05) is 12.1 Å². The van der Waals surface area contributed by atoms with Gasteiger partial charge in [-0.25, -0.2) is 4.79 Å². The summed E-state index contributed by atoms with van der Waals surface area (Å²) in [5.74, 6) is -0.440. The number of benzene rings is 1. The van der Waals surface area contributed by atoms with Crippen molar-refractivity contribution in [3.8, 4) is 0 Å². The molecule has 9 heteroatoms. The average Bonchev–Trinajstić information content (AvgIpc) is 2.71. The van der Waals surface area contributed by atoms with Crippen LogP contribution in [0, 0.1) is 5.41 Å². The molecule has 0 radical (unpaired) electrons. The highest BCUT2D eigenvalue weighted by Crippen LogP contribution is 2.32. The molecule has 1 heterocycles. The number of nitrogens with one attached hydrogen (secondary N) is 2. The number of alkyl halides is 1. The Bertz CT molecular complexity index is 856. The van der Waals surface area contributed by atoms with E-state index in [9.17, 15) is 9.59 Å². The number of esters is 1. The molecule has 7 nitrogen and oxygen atoms in total. The van der Waals surface area contributed by atoms with Crippen LogP contribution >= 0.6 is 23.8 Å².